The summed E-state index contributed by atoms with van der Waals surface area (Å²) in [7, 11) is 0. The van der Waals surface area contributed by atoms with Gasteiger partial charge in [-0.3, -0.25) is 4.79 Å². The fourth-order valence-electron chi connectivity index (χ4n) is 1.95. The van der Waals surface area contributed by atoms with Crippen LogP contribution in [0.5, 0.6) is 0 Å². The summed E-state index contributed by atoms with van der Waals surface area (Å²) in [5, 5.41) is 0. The molecule has 1 fully saturated rings. The molecule has 0 atom stereocenters. The molecule has 1 saturated carbocycles. The molecule has 0 aromatic carbocycles. The van der Waals surface area contributed by atoms with Gasteiger partial charge in [-0.2, -0.15) is 0 Å². The molecule has 0 aromatic heterocycles. The second-order valence-corrected chi connectivity index (χ2v) is 3.69. The maximum atomic E-state index is 11.5. The summed E-state index contributed by atoms with van der Waals surface area (Å²) in [5.74, 6) is 0.746. The van der Waals surface area contributed by atoms with E-state index in [2.05, 4.69) is 0 Å². The lowest BCUT2D eigenvalue weighted by Gasteiger charge is -2.11. The molecule has 0 bridgehead atoms. The molecule has 1 aliphatic carbocycles. The van der Waals surface area contributed by atoms with E-state index in [9.17, 15) is 4.79 Å². The van der Waals surface area contributed by atoms with E-state index >= 15 is 0 Å². The highest BCUT2D eigenvalue weighted by Gasteiger charge is 2.18. The summed E-state index contributed by atoms with van der Waals surface area (Å²) < 4.78 is 0. The van der Waals surface area contributed by atoms with Gasteiger partial charge in [-0.1, -0.05) is 25.7 Å². The number of carbonyl (C=O) groups is 1. The normalized spacial score (nSPS) is 20.4. The number of hydrogen-bond donors (Lipinski definition) is 1. The molecular weight excluding hydrogens is 150 g/mol. The smallest absolute Gasteiger partial charge is 0.137 e. The van der Waals surface area contributed by atoms with Crippen molar-refractivity contribution < 1.29 is 4.79 Å². The van der Waals surface area contributed by atoms with E-state index in [4.69, 9.17) is 5.73 Å². The summed E-state index contributed by atoms with van der Waals surface area (Å²) in [4.78, 5) is 11.5. The molecule has 0 aliphatic heterocycles. The molecule has 12 heavy (non-hydrogen) atoms. The van der Waals surface area contributed by atoms with Gasteiger partial charge >= 0.3 is 0 Å². The molecule has 1 aliphatic rings. The van der Waals surface area contributed by atoms with Gasteiger partial charge in [0.1, 0.15) is 5.78 Å². The Balaban J connectivity index is 2.32. The Kier molecular flexibility index (Phi) is 4.30. The number of ketones is 1. The molecule has 2 N–H and O–H groups in total. The Bertz CT molecular complexity index is 137. The first-order chi connectivity index (χ1) is 5.84. The van der Waals surface area contributed by atoms with E-state index in [1.54, 1.807) is 0 Å². The number of hydrogen-bond acceptors (Lipinski definition) is 2. The van der Waals surface area contributed by atoms with Crippen LogP contribution in [0.2, 0.25) is 0 Å². The van der Waals surface area contributed by atoms with Crippen molar-refractivity contribution in [2.75, 3.05) is 6.54 Å². The topological polar surface area (TPSA) is 43.1 Å². The lowest BCUT2D eigenvalue weighted by atomic mass is 9.94. The predicted octanol–water partition coefficient (Wildman–Crippen LogP) is 1.87. The highest BCUT2D eigenvalue weighted by atomic mass is 16.1. The number of Topliss-reactive ketones (excluding diaryl/α,β-unsaturated/α-hetero) is 1. The third kappa shape index (κ3) is 2.94. The minimum atomic E-state index is 0.344. The molecule has 70 valence electrons. The van der Waals surface area contributed by atoms with Gasteiger partial charge in [-0.25, -0.2) is 0 Å². The maximum absolute atomic E-state index is 11.5. The van der Waals surface area contributed by atoms with Gasteiger partial charge in [0.2, 0.25) is 0 Å². The van der Waals surface area contributed by atoms with Gasteiger partial charge in [0.15, 0.2) is 0 Å². The van der Waals surface area contributed by atoms with Gasteiger partial charge in [-0.15, -0.1) is 0 Å². The van der Waals surface area contributed by atoms with Gasteiger partial charge in [0.25, 0.3) is 0 Å². The largest absolute Gasteiger partial charge is 0.330 e. The number of nitrogens with two attached hydrogens (primary N) is 1. The second-order valence-electron chi connectivity index (χ2n) is 3.69. The molecule has 0 unspecified atom stereocenters. The molecule has 0 heterocycles. The predicted molar refractivity (Wildman–Crippen MR) is 49.9 cm³/mol. The van der Waals surface area contributed by atoms with Crippen molar-refractivity contribution in [1.82, 2.24) is 0 Å². The van der Waals surface area contributed by atoms with Crippen LogP contribution in [0.15, 0.2) is 0 Å². The number of carbonyl (C=O) groups excluding carboxylic acids is 1. The standard InChI is InChI=1S/C10H19NO/c11-8-7-10(12)9-5-3-1-2-4-6-9/h9H,1-8,11H2. The summed E-state index contributed by atoms with van der Waals surface area (Å²) in [6, 6.07) is 0. The van der Waals surface area contributed by atoms with Gasteiger partial charge in [0.05, 0.1) is 0 Å². The van der Waals surface area contributed by atoms with E-state index in [-0.39, 0.29) is 0 Å². The van der Waals surface area contributed by atoms with Crippen LogP contribution >= 0.6 is 0 Å². The van der Waals surface area contributed by atoms with Crippen LogP contribution in [0, 0.1) is 5.92 Å². The van der Waals surface area contributed by atoms with Crippen molar-refractivity contribution in [3.63, 3.8) is 0 Å². The maximum Gasteiger partial charge on any atom is 0.137 e. The van der Waals surface area contributed by atoms with Crippen molar-refractivity contribution >= 4 is 5.78 Å². The van der Waals surface area contributed by atoms with Crippen LogP contribution in [0.1, 0.15) is 44.9 Å². The molecule has 0 amide bonds. The fourth-order valence-corrected chi connectivity index (χ4v) is 1.95. The SMILES string of the molecule is NCCC(=O)C1CCCCCC1. The lowest BCUT2D eigenvalue weighted by molar-refractivity contribution is -0.123. The Morgan fingerprint density at radius 3 is 2.25 bits per heavy atom. The summed E-state index contributed by atoms with van der Waals surface area (Å²) in [6.07, 6.45) is 7.91. The molecule has 0 aromatic rings. The molecule has 0 saturated heterocycles. The van der Waals surface area contributed by atoms with Gasteiger partial charge < -0.3 is 5.73 Å². The molecule has 0 radical (unpaired) electrons. The zero-order valence-corrected chi connectivity index (χ0v) is 7.72. The van der Waals surface area contributed by atoms with Crippen molar-refractivity contribution in [1.29, 1.82) is 0 Å². The highest BCUT2D eigenvalue weighted by Crippen LogP contribution is 2.24. The molecule has 1 rings (SSSR count). The zero-order chi connectivity index (χ0) is 8.81. The van der Waals surface area contributed by atoms with E-state index in [0.29, 0.717) is 24.7 Å². The van der Waals surface area contributed by atoms with Crippen molar-refractivity contribution in [3.8, 4) is 0 Å². The third-order valence-corrected chi connectivity index (χ3v) is 2.70. The minimum Gasteiger partial charge on any atom is -0.330 e. The van der Waals surface area contributed by atoms with Crippen LogP contribution in [0.3, 0.4) is 0 Å². The zero-order valence-electron chi connectivity index (χ0n) is 7.72. The molecule has 0 spiro atoms. The Hall–Kier alpha value is -0.370. The molecule has 2 heteroatoms. The number of rotatable bonds is 3. The average Bonchev–Trinajstić information content (AvgIpc) is 2.32. The minimum absolute atomic E-state index is 0.344. The summed E-state index contributed by atoms with van der Waals surface area (Å²) >= 11 is 0. The average molecular weight is 169 g/mol. The fraction of sp³-hybridized carbons (Fsp3) is 0.900. The lowest BCUT2D eigenvalue weighted by Crippen LogP contribution is -2.17. The van der Waals surface area contributed by atoms with Gasteiger partial charge in [-0.05, 0) is 19.4 Å². The van der Waals surface area contributed by atoms with Gasteiger partial charge in [0, 0.05) is 12.3 Å². The van der Waals surface area contributed by atoms with Crippen LogP contribution in [0.4, 0.5) is 0 Å². The monoisotopic (exact) mass is 169 g/mol. The quantitative estimate of drug-likeness (QED) is 0.655. The van der Waals surface area contributed by atoms with Crippen LogP contribution in [-0.2, 0) is 4.79 Å². The van der Waals surface area contributed by atoms with Crippen molar-refractivity contribution in [3.05, 3.63) is 0 Å². The van der Waals surface area contributed by atoms with Crippen molar-refractivity contribution in [2.45, 2.75) is 44.9 Å². The highest BCUT2D eigenvalue weighted by molar-refractivity contribution is 5.81. The van der Waals surface area contributed by atoms with Crippen LogP contribution in [0.25, 0.3) is 0 Å². The first-order valence-corrected chi connectivity index (χ1v) is 5.07. The van der Waals surface area contributed by atoms with Crippen molar-refractivity contribution in [2.24, 2.45) is 11.7 Å². The third-order valence-electron chi connectivity index (χ3n) is 2.70. The van der Waals surface area contributed by atoms with E-state index in [0.717, 1.165) is 12.8 Å². The Morgan fingerprint density at radius 1 is 1.17 bits per heavy atom. The first kappa shape index (κ1) is 9.72. The Morgan fingerprint density at radius 2 is 1.75 bits per heavy atom. The van der Waals surface area contributed by atoms with E-state index < -0.39 is 0 Å². The molecule has 2 nitrogen and oxygen atoms in total. The summed E-state index contributed by atoms with van der Waals surface area (Å²) in [5.41, 5.74) is 5.35. The first-order valence-electron chi connectivity index (χ1n) is 5.07. The Labute approximate surface area is 74.5 Å². The van der Waals surface area contributed by atoms with Crippen LogP contribution < -0.4 is 5.73 Å². The van der Waals surface area contributed by atoms with Crippen LogP contribution in [-0.4, -0.2) is 12.3 Å². The van der Waals surface area contributed by atoms with E-state index in [1.165, 1.54) is 25.7 Å². The summed E-state index contributed by atoms with van der Waals surface area (Å²) in [6.45, 7) is 0.523. The van der Waals surface area contributed by atoms with E-state index in [1.807, 2.05) is 0 Å². The molecular formula is C10H19NO. The second kappa shape index (κ2) is 5.31.